The van der Waals surface area contributed by atoms with Gasteiger partial charge in [-0.25, -0.2) is 13.2 Å². The van der Waals surface area contributed by atoms with Gasteiger partial charge in [-0.1, -0.05) is 12.1 Å². The summed E-state index contributed by atoms with van der Waals surface area (Å²) in [4.78, 5) is 24.3. The average molecular weight is 444 g/mol. The number of fused-ring (bicyclic) bond motifs is 1. The second-order valence-corrected chi connectivity index (χ2v) is 9.58. The normalized spacial score (nSPS) is 15.9. The number of hydrogen-bond donors (Lipinski definition) is 2. The summed E-state index contributed by atoms with van der Waals surface area (Å²) in [5.74, 6) is -1.13. The van der Waals surface area contributed by atoms with Crippen molar-refractivity contribution in [2.75, 3.05) is 12.4 Å². The highest BCUT2D eigenvalue weighted by Crippen LogP contribution is 2.45. The minimum Gasteiger partial charge on any atom is -0.497 e. The Balaban J connectivity index is 1.76. The molecule has 30 heavy (non-hydrogen) atoms. The van der Waals surface area contributed by atoms with Crippen molar-refractivity contribution in [3.05, 3.63) is 69.9 Å². The molecule has 0 fully saturated rings. The first-order valence-electron chi connectivity index (χ1n) is 8.95. The molecule has 0 unspecified atom stereocenters. The Bertz CT molecular complexity index is 1230. The smallest absolute Gasteiger partial charge is 0.335 e. The monoisotopic (exact) mass is 443 g/mol. The number of amides is 1. The lowest BCUT2D eigenvalue weighted by atomic mass is 9.90. The van der Waals surface area contributed by atoms with Crippen LogP contribution in [0, 0.1) is 0 Å². The molecule has 0 saturated carbocycles. The lowest BCUT2D eigenvalue weighted by Gasteiger charge is -2.24. The van der Waals surface area contributed by atoms with Gasteiger partial charge in [-0.3, -0.25) is 4.79 Å². The number of carboxylic acid groups (broad SMARTS) is 1. The zero-order valence-corrected chi connectivity index (χ0v) is 17.4. The van der Waals surface area contributed by atoms with Crippen molar-refractivity contribution < 1.29 is 27.9 Å². The van der Waals surface area contributed by atoms with Gasteiger partial charge in [-0.2, -0.15) is 0 Å². The van der Waals surface area contributed by atoms with Crippen LogP contribution in [0.3, 0.4) is 0 Å². The summed E-state index contributed by atoms with van der Waals surface area (Å²) in [6.07, 6.45) is 0.155. The number of nitrogens with one attached hydrogen (secondary N) is 1. The van der Waals surface area contributed by atoms with E-state index in [1.165, 1.54) is 48.1 Å². The predicted octanol–water partition coefficient (Wildman–Crippen LogP) is 3.76. The molecule has 0 saturated heterocycles. The summed E-state index contributed by atoms with van der Waals surface area (Å²) in [6.45, 7) is 0. The van der Waals surface area contributed by atoms with E-state index in [1.54, 1.807) is 24.3 Å². The van der Waals surface area contributed by atoms with Crippen LogP contribution in [0.2, 0.25) is 0 Å². The molecule has 1 atom stereocenters. The maximum absolute atomic E-state index is 13.2. The quantitative estimate of drug-likeness (QED) is 0.621. The minimum atomic E-state index is -3.85. The molecule has 0 aliphatic carbocycles. The standard InChI is InChI=1S/C21H17NO6S2/c1-28-14-6-8-15(9-7-14)30(26,27)17-11-29-20-16(10-18(23)22-19(17)20)12-2-4-13(5-3-12)21(24)25/h2-9,11,16H,10H2,1H3,(H,22,23)(H,24,25)/t16-/m1/s1. The van der Waals surface area contributed by atoms with Crippen molar-refractivity contribution in [1.29, 1.82) is 0 Å². The number of carbonyl (C=O) groups excluding carboxylic acids is 1. The van der Waals surface area contributed by atoms with Crippen molar-refractivity contribution in [3.63, 3.8) is 0 Å². The number of hydrogen-bond acceptors (Lipinski definition) is 6. The molecular weight excluding hydrogens is 426 g/mol. The van der Waals surface area contributed by atoms with E-state index in [1.807, 2.05) is 0 Å². The SMILES string of the molecule is COc1ccc(S(=O)(=O)c2csc3c2NC(=O)C[C@@H]3c2ccc(C(=O)O)cc2)cc1. The zero-order valence-electron chi connectivity index (χ0n) is 15.8. The van der Waals surface area contributed by atoms with Gasteiger partial charge < -0.3 is 15.2 Å². The van der Waals surface area contributed by atoms with Gasteiger partial charge in [-0.15, -0.1) is 11.3 Å². The molecule has 4 rings (SSSR count). The van der Waals surface area contributed by atoms with Gasteiger partial charge in [0, 0.05) is 22.6 Å². The van der Waals surface area contributed by atoms with Gasteiger partial charge in [0.2, 0.25) is 15.7 Å². The third-order valence-electron chi connectivity index (χ3n) is 4.98. The third kappa shape index (κ3) is 3.46. The van der Waals surface area contributed by atoms with Crippen LogP contribution in [0.5, 0.6) is 5.75 Å². The number of rotatable bonds is 5. The molecule has 2 aromatic carbocycles. The highest BCUT2D eigenvalue weighted by atomic mass is 32.2. The van der Waals surface area contributed by atoms with Crippen LogP contribution in [-0.4, -0.2) is 32.5 Å². The number of carbonyl (C=O) groups is 2. The summed E-state index contributed by atoms with van der Waals surface area (Å²) < 4.78 is 31.4. The number of thiophene rings is 1. The Labute approximate surface area is 176 Å². The van der Waals surface area contributed by atoms with Crippen LogP contribution in [-0.2, 0) is 14.6 Å². The largest absolute Gasteiger partial charge is 0.497 e. The summed E-state index contributed by atoms with van der Waals surface area (Å²) in [6, 6.07) is 12.3. The van der Waals surface area contributed by atoms with E-state index in [2.05, 4.69) is 5.32 Å². The lowest BCUT2D eigenvalue weighted by Crippen LogP contribution is -2.23. The number of anilines is 1. The maximum atomic E-state index is 13.2. The summed E-state index contributed by atoms with van der Waals surface area (Å²) in [5.41, 5.74) is 1.19. The predicted molar refractivity (Wildman–Crippen MR) is 111 cm³/mol. The first-order chi connectivity index (χ1) is 14.3. The fraction of sp³-hybridized carbons (Fsp3) is 0.143. The van der Waals surface area contributed by atoms with Crippen LogP contribution >= 0.6 is 11.3 Å². The molecule has 0 radical (unpaired) electrons. The van der Waals surface area contributed by atoms with E-state index >= 15 is 0 Å². The maximum Gasteiger partial charge on any atom is 0.335 e. The number of carboxylic acids is 1. The van der Waals surface area contributed by atoms with E-state index < -0.39 is 15.8 Å². The average Bonchev–Trinajstić information content (AvgIpc) is 3.17. The molecule has 3 aromatic rings. The van der Waals surface area contributed by atoms with Crippen molar-refractivity contribution in [2.24, 2.45) is 0 Å². The highest BCUT2D eigenvalue weighted by Gasteiger charge is 2.34. The van der Waals surface area contributed by atoms with Crippen LogP contribution in [0.25, 0.3) is 0 Å². The van der Waals surface area contributed by atoms with E-state index in [-0.39, 0.29) is 33.6 Å². The second kappa shape index (κ2) is 7.58. The number of methoxy groups -OCH3 is 1. The Morgan fingerprint density at radius 2 is 1.80 bits per heavy atom. The topological polar surface area (TPSA) is 110 Å². The highest BCUT2D eigenvalue weighted by molar-refractivity contribution is 7.91. The summed E-state index contributed by atoms with van der Waals surface area (Å²) in [7, 11) is -2.35. The van der Waals surface area contributed by atoms with E-state index in [0.717, 1.165) is 10.4 Å². The van der Waals surface area contributed by atoms with Gasteiger partial charge in [0.25, 0.3) is 0 Å². The van der Waals surface area contributed by atoms with Crippen LogP contribution in [0.1, 0.15) is 33.1 Å². The van der Waals surface area contributed by atoms with Gasteiger partial charge in [-0.05, 0) is 42.0 Å². The minimum absolute atomic E-state index is 0.0490. The Morgan fingerprint density at radius 3 is 2.40 bits per heavy atom. The molecule has 1 aliphatic heterocycles. The number of sulfone groups is 1. The molecule has 0 spiro atoms. The number of benzene rings is 2. The number of aromatic carboxylic acids is 1. The second-order valence-electron chi connectivity index (χ2n) is 6.75. The summed E-state index contributed by atoms with van der Waals surface area (Å²) in [5, 5.41) is 13.3. The van der Waals surface area contributed by atoms with Gasteiger partial charge in [0.1, 0.15) is 10.6 Å². The molecule has 1 aliphatic rings. The molecule has 2 heterocycles. The van der Waals surface area contributed by atoms with Crippen molar-refractivity contribution in [2.45, 2.75) is 22.1 Å². The van der Waals surface area contributed by atoms with E-state index in [0.29, 0.717) is 11.4 Å². The first-order valence-corrected chi connectivity index (χ1v) is 11.3. The fourth-order valence-corrected chi connectivity index (χ4v) is 6.32. The fourth-order valence-electron chi connectivity index (χ4n) is 3.41. The van der Waals surface area contributed by atoms with Gasteiger partial charge >= 0.3 is 5.97 Å². The number of ether oxygens (including phenoxy) is 1. The molecule has 2 N–H and O–H groups in total. The third-order valence-corrected chi connectivity index (χ3v) is 8.01. The van der Waals surface area contributed by atoms with Crippen LogP contribution in [0.4, 0.5) is 5.69 Å². The Hall–Kier alpha value is -3.17. The molecule has 1 aromatic heterocycles. The van der Waals surface area contributed by atoms with Crippen molar-refractivity contribution in [3.8, 4) is 5.75 Å². The lowest BCUT2D eigenvalue weighted by molar-refractivity contribution is -0.116. The van der Waals surface area contributed by atoms with Gasteiger partial charge in [0.15, 0.2) is 0 Å². The van der Waals surface area contributed by atoms with Gasteiger partial charge in [0.05, 0.1) is 23.3 Å². The Kier molecular flexibility index (Phi) is 5.08. The zero-order chi connectivity index (χ0) is 21.5. The molecule has 154 valence electrons. The van der Waals surface area contributed by atoms with Crippen LogP contribution in [0.15, 0.2) is 63.7 Å². The Morgan fingerprint density at radius 1 is 1.13 bits per heavy atom. The molecule has 0 bridgehead atoms. The molecule has 7 nitrogen and oxygen atoms in total. The van der Waals surface area contributed by atoms with E-state index in [9.17, 15) is 18.0 Å². The molecule has 9 heteroatoms. The van der Waals surface area contributed by atoms with Crippen molar-refractivity contribution in [1.82, 2.24) is 0 Å². The first kappa shape index (κ1) is 20.1. The summed E-state index contributed by atoms with van der Waals surface area (Å²) >= 11 is 1.26. The molecule has 1 amide bonds. The van der Waals surface area contributed by atoms with Crippen LogP contribution < -0.4 is 10.1 Å². The van der Waals surface area contributed by atoms with Crippen molar-refractivity contribution >= 4 is 38.7 Å². The molecular formula is C21H17NO6S2. The van der Waals surface area contributed by atoms with E-state index in [4.69, 9.17) is 9.84 Å².